The van der Waals surface area contributed by atoms with Gasteiger partial charge in [0.1, 0.15) is 23.1 Å². The number of carbonyl (C=O) groups is 1. The number of aliphatic imine (C=N–C) groups is 1. The molecule has 1 aliphatic heterocycles. The molecule has 0 spiro atoms. The lowest BCUT2D eigenvalue weighted by Crippen LogP contribution is -2.30. The standard InChI is InChI=1S/C21H22N4O4S2/c1-3-4-9-14(22-19-13-8-5-6-12-17(13)31(27,28)25-19)20(26)24-21-23-18-15(29-2)10-7-11-16(18)30-21/h5-8,10-12,14H,3-4,9H2,1-2H3,(H,22,25)(H,23,24,26). The molecule has 0 aliphatic carbocycles. The summed E-state index contributed by atoms with van der Waals surface area (Å²) < 4.78 is 33.4. The SMILES string of the molecule is CCCCC(N=C1NS(=O)(=O)c2ccccc21)C(=O)Nc1nc2c(OC)cccc2s1. The second kappa shape index (κ2) is 8.64. The first kappa shape index (κ1) is 21.3. The first-order valence-corrected chi connectivity index (χ1v) is 12.2. The molecular formula is C21H22N4O4S2. The zero-order valence-electron chi connectivity index (χ0n) is 17.1. The predicted octanol–water partition coefficient (Wildman–Crippen LogP) is 3.54. The Morgan fingerprint density at radius 3 is 2.84 bits per heavy atom. The van der Waals surface area contributed by atoms with E-state index in [9.17, 15) is 13.2 Å². The van der Waals surface area contributed by atoms with Crippen molar-refractivity contribution in [2.45, 2.75) is 37.1 Å². The van der Waals surface area contributed by atoms with E-state index in [1.807, 2.05) is 25.1 Å². The number of amides is 1. The molecule has 8 nitrogen and oxygen atoms in total. The van der Waals surface area contributed by atoms with Gasteiger partial charge in [0.25, 0.3) is 15.9 Å². The Labute approximate surface area is 184 Å². The van der Waals surface area contributed by atoms with E-state index in [1.165, 1.54) is 17.4 Å². The number of para-hydroxylation sites is 1. The summed E-state index contributed by atoms with van der Waals surface area (Å²) in [4.78, 5) is 22.2. The number of nitrogens with one attached hydrogen (secondary N) is 2. The Kier molecular flexibility index (Phi) is 5.92. The maximum atomic E-state index is 13.1. The molecule has 0 saturated carbocycles. The zero-order valence-corrected chi connectivity index (χ0v) is 18.7. The number of unbranched alkanes of at least 4 members (excludes halogenated alkanes) is 1. The summed E-state index contributed by atoms with van der Waals surface area (Å²) in [5, 5.41) is 3.28. The average molecular weight is 459 g/mol. The second-order valence-corrected chi connectivity index (χ2v) is 9.73. The molecule has 4 rings (SSSR count). The second-order valence-electron chi connectivity index (χ2n) is 7.05. The Morgan fingerprint density at radius 1 is 1.26 bits per heavy atom. The van der Waals surface area contributed by atoms with Crippen LogP contribution in [-0.4, -0.2) is 38.3 Å². The van der Waals surface area contributed by atoms with Crippen LogP contribution in [0, 0.1) is 0 Å². The molecule has 3 aromatic rings. The summed E-state index contributed by atoms with van der Waals surface area (Å²) in [5.41, 5.74) is 1.15. The number of carbonyl (C=O) groups excluding carboxylic acids is 1. The minimum absolute atomic E-state index is 0.168. The van der Waals surface area contributed by atoms with Gasteiger partial charge in [0.2, 0.25) is 0 Å². The maximum absolute atomic E-state index is 13.1. The van der Waals surface area contributed by atoms with E-state index in [-0.39, 0.29) is 16.6 Å². The van der Waals surface area contributed by atoms with Crippen molar-refractivity contribution in [1.29, 1.82) is 0 Å². The Balaban J connectivity index is 1.63. The van der Waals surface area contributed by atoms with Gasteiger partial charge in [0.05, 0.1) is 16.7 Å². The van der Waals surface area contributed by atoms with Gasteiger partial charge in [0, 0.05) is 5.56 Å². The van der Waals surface area contributed by atoms with Crippen molar-refractivity contribution < 1.29 is 17.9 Å². The highest BCUT2D eigenvalue weighted by Gasteiger charge is 2.32. The summed E-state index contributed by atoms with van der Waals surface area (Å²) in [6.07, 6.45) is 2.15. The lowest BCUT2D eigenvalue weighted by Gasteiger charge is -2.12. The molecule has 2 N–H and O–H groups in total. The fourth-order valence-electron chi connectivity index (χ4n) is 3.37. The fourth-order valence-corrected chi connectivity index (χ4v) is 5.49. The smallest absolute Gasteiger partial charge is 0.263 e. The van der Waals surface area contributed by atoms with E-state index in [0.717, 1.165) is 17.5 Å². The number of amidine groups is 1. The van der Waals surface area contributed by atoms with Gasteiger partial charge in [-0.05, 0) is 30.7 Å². The highest BCUT2D eigenvalue weighted by Crippen LogP contribution is 2.32. The molecule has 1 unspecified atom stereocenters. The molecule has 0 saturated heterocycles. The van der Waals surface area contributed by atoms with Crippen molar-refractivity contribution in [3.63, 3.8) is 0 Å². The minimum atomic E-state index is -3.67. The first-order chi connectivity index (χ1) is 14.9. The van der Waals surface area contributed by atoms with E-state index < -0.39 is 16.1 Å². The number of hydrogen-bond acceptors (Lipinski definition) is 7. The third kappa shape index (κ3) is 4.26. The van der Waals surface area contributed by atoms with Gasteiger partial charge >= 0.3 is 0 Å². The van der Waals surface area contributed by atoms with Gasteiger partial charge in [-0.3, -0.25) is 14.5 Å². The molecular weight excluding hydrogens is 436 g/mol. The summed E-state index contributed by atoms with van der Waals surface area (Å²) in [6.45, 7) is 2.02. The number of nitrogens with zero attached hydrogens (tertiary/aromatic N) is 2. The van der Waals surface area contributed by atoms with Crippen LogP contribution in [0.25, 0.3) is 10.2 Å². The molecule has 10 heteroatoms. The predicted molar refractivity (Wildman–Crippen MR) is 121 cm³/mol. The van der Waals surface area contributed by atoms with Crippen LogP contribution < -0.4 is 14.8 Å². The van der Waals surface area contributed by atoms with Crippen molar-refractivity contribution >= 4 is 48.5 Å². The van der Waals surface area contributed by atoms with Crippen molar-refractivity contribution in [3.05, 3.63) is 48.0 Å². The van der Waals surface area contributed by atoms with Crippen LogP contribution in [0.3, 0.4) is 0 Å². The van der Waals surface area contributed by atoms with Crippen LogP contribution in [0.15, 0.2) is 52.4 Å². The van der Waals surface area contributed by atoms with Gasteiger partial charge in [-0.15, -0.1) is 0 Å². The number of fused-ring (bicyclic) bond motifs is 2. The Morgan fingerprint density at radius 2 is 2.06 bits per heavy atom. The van der Waals surface area contributed by atoms with Crippen LogP contribution in [0.2, 0.25) is 0 Å². The zero-order chi connectivity index (χ0) is 22.0. The molecule has 2 heterocycles. The molecule has 1 aliphatic rings. The largest absolute Gasteiger partial charge is 0.494 e. The van der Waals surface area contributed by atoms with E-state index in [2.05, 4.69) is 20.0 Å². The molecule has 0 bridgehead atoms. The van der Waals surface area contributed by atoms with Crippen molar-refractivity contribution in [2.75, 3.05) is 12.4 Å². The normalized spacial score (nSPS) is 16.6. The summed E-state index contributed by atoms with van der Waals surface area (Å²) in [5.74, 6) is 0.495. The number of hydrogen-bond donors (Lipinski definition) is 2. The summed E-state index contributed by atoms with van der Waals surface area (Å²) in [7, 11) is -2.09. The Bertz CT molecular complexity index is 1270. The van der Waals surface area contributed by atoms with Gasteiger partial charge < -0.3 is 10.1 Å². The molecule has 2 aromatic carbocycles. The number of sulfonamides is 1. The number of rotatable bonds is 7. The Hall–Kier alpha value is -2.98. The molecule has 1 aromatic heterocycles. The fraction of sp³-hybridized carbons (Fsp3) is 0.286. The molecule has 162 valence electrons. The van der Waals surface area contributed by atoms with E-state index in [4.69, 9.17) is 4.74 Å². The third-order valence-corrected chi connectivity index (χ3v) is 7.25. The summed E-state index contributed by atoms with van der Waals surface area (Å²) >= 11 is 1.34. The van der Waals surface area contributed by atoms with Crippen LogP contribution in [0.1, 0.15) is 31.7 Å². The van der Waals surface area contributed by atoms with Gasteiger partial charge in [0.15, 0.2) is 5.13 Å². The van der Waals surface area contributed by atoms with Crippen molar-refractivity contribution in [1.82, 2.24) is 9.71 Å². The topological polar surface area (TPSA) is 110 Å². The minimum Gasteiger partial charge on any atom is -0.494 e. The first-order valence-electron chi connectivity index (χ1n) is 9.87. The summed E-state index contributed by atoms with van der Waals surface area (Å²) in [6, 6.07) is 11.4. The van der Waals surface area contributed by atoms with Crippen LogP contribution in [0.5, 0.6) is 5.75 Å². The van der Waals surface area contributed by atoms with E-state index >= 15 is 0 Å². The van der Waals surface area contributed by atoms with Crippen molar-refractivity contribution in [3.8, 4) is 5.75 Å². The van der Waals surface area contributed by atoms with Crippen LogP contribution in [-0.2, 0) is 14.8 Å². The highest BCUT2D eigenvalue weighted by atomic mass is 32.2. The molecule has 1 amide bonds. The number of benzene rings is 2. The molecule has 31 heavy (non-hydrogen) atoms. The van der Waals surface area contributed by atoms with Crippen LogP contribution >= 0.6 is 11.3 Å². The molecule has 1 atom stereocenters. The van der Waals surface area contributed by atoms with Gasteiger partial charge in [-0.1, -0.05) is 49.3 Å². The number of thiazole rings is 1. The third-order valence-electron chi connectivity index (χ3n) is 4.91. The number of methoxy groups -OCH3 is 1. The number of ether oxygens (including phenoxy) is 1. The number of aromatic nitrogens is 1. The molecule has 0 fully saturated rings. The average Bonchev–Trinajstić information content (AvgIpc) is 3.28. The van der Waals surface area contributed by atoms with Crippen LogP contribution in [0.4, 0.5) is 5.13 Å². The lowest BCUT2D eigenvalue weighted by molar-refractivity contribution is -0.117. The quantitative estimate of drug-likeness (QED) is 0.563. The van der Waals surface area contributed by atoms with Gasteiger partial charge in [-0.25, -0.2) is 13.4 Å². The monoisotopic (exact) mass is 458 g/mol. The van der Waals surface area contributed by atoms with Crippen molar-refractivity contribution in [2.24, 2.45) is 4.99 Å². The maximum Gasteiger partial charge on any atom is 0.263 e. The highest BCUT2D eigenvalue weighted by molar-refractivity contribution is 7.90. The number of anilines is 1. The molecule has 0 radical (unpaired) electrons. The lowest BCUT2D eigenvalue weighted by atomic mass is 10.1. The van der Waals surface area contributed by atoms with E-state index in [0.29, 0.717) is 28.4 Å². The van der Waals surface area contributed by atoms with E-state index in [1.54, 1.807) is 25.3 Å². The van der Waals surface area contributed by atoms with Gasteiger partial charge in [-0.2, -0.15) is 0 Å².